The molecule has 3 aromatic rings. The second-order valence-electron chi connectivity index (χ2n) is 8.29. The van der Waals surface area contributed by atoms with E-state index in [0.29, 0.717) is 28.6 Å². The molecular formula is C23H25Cl2N3O. The molecule has 0 unspecified atom stereocenters. The Balaban J connectivity index is 0.00000205. The average Bonchev–Trinajstić information content (AvgIpc) is 3.34. The number of nitrogens with one attached hydrogen (secondary N) is 1. The van der Waals surface area contributed by atoms with E-state index in [4.69, 9.17) is 11.6 Å². The predicted molar refractivity (Wildman–Crippen MR) is 120 cm³/mol. The molecule has 2 aliphatic rings. The highest BCUT2D eigenvalue weighted by molar-refractivity contribution is 6.31. The lowest BCUT2D eigenvalue weighted by Gasteiger charge is -2.28. The summed E-state index contributed by atoms with van der Waals surface area (Å²) in [5, 5.41) is 1.66. The monoisotopic (exact) mass is 429 g/mol. The van der Waals surface area contributed by atoms with E-state index in [1.54, 1.807) is 0 Å². The quantitative estimate of drug-likeness (QED) is 0.627. The van der Waals surface area contributed by atoms with Crippen molar-refractivity contribution >= 4 is 40.8 Å². The molecule has 3 heterocycles. The molecule has 0 spiro atoms. The number of halogens is 2. The number of hydrogen-bond acceptors (Lipinski definition) is 2. The van der Waals surface area contributed by atoms with Crippen LogP contribution in [0.4, 0.5) is 0 Å². The highest BCUT2D eigenvalue weighted by atomic mass is 35.5. The zero-order valence-electron chi connectivity index (χ0n) is 16.6. The molecule has 5 rings (SSSR count). The Labute approximate surface area is 182 Å². The molecule has 29 heavy (non-hydrogen) atoms. The Hall–Kier alpha value is -2.01. The van der Waals surface area contributed by atoms with Crippen LogP contribution in [-0.4, -0.2) is 47.4 Å². The Kier molecular flexibility index (Phi) is 5.36. The lowest BCUT2D eigenvalue weighted by atomic mass is 9.88. The maximum absolute atomic E-state index is 13.2. The SMILES string of the molecule is Cc1ccccc1[C@@H]1[C@@H]2CN(C(=O)c3cc4cc(Cl)ccc4[nH]3)C[C@@H]2CN1C.Cl. The van der Waals surface area contributed by atoms with Crippen molar-refractivity contribution < 1.29 is 4.79 Å². The number of hydrogen-bond donors (Lipinski definition) is 1. The summed E-state index contributed by atoms with van der Waals surface area (Å²) in [4.78, 5) is 20.9. The van der Waals surface area contributed by atoms with E-state index >= 15 is 0 Å². The van der Waals surface area contributed by atoms with Crippen LogP contribution < -0.4 is 0 Å². The summed E-state index contributed by atoms with van der Waals surface area (Å²) in [6.45, 7) is 4.86. The van der Waals surface area contributed by atoms with E-state index < -0.39 is 0 Å². The van der Waals surface area contributed by atoms with Crippen LogP contribution in [0.2, 0.25) is 5.02 Å². The molecule has 4 nitrogen and oxygen atoms in total. The third-order valence-corrected chi connectivity index (χ3v) is 6.74. The molecule has 2 aliphatic heterocycles. The minimum Gasteiger partial charge on any atom is -0.351 e. The van der Waals surface area contributed by atoms with Crippen molar-refractivity contribution in [3.63, 3.8) is 0 Å². The second-order valence-corrected chi connectivity index (χ2v) is 8.73. The number of aromatic nitrogens is 1. The number of benzene rings is 2. The van der Waals surface area contributed by atoms with Gasteiger partial charge in [0.05, 0.1) is 0 Å². The zero-order chi connectivity index (χ0) is 19.4. The molecule has 6 heteroatoms. The third-order valence-electron chi connectivity index (χ3n) is 6.50. The minimum absolute atomic E-state index is 0. The fourth-order valence-electron chi connectivity index (χ4n) is 5.20. The normalized spacial score (nSPS) is 24.0. The largest absolute Gasteiger partial charge is 0.351 e. The van der Waals surface area contributed by atoms with Crippen molar-refractivity contribution in [3.8, 4) is 0 Å². The molecular weight excluding hydrogens is 405 g/mol. The number of carbonyl (C=O) groups is 1. The Morgan fingerprint density at radius 1 is 1.10 bits per heavy atom. The first-order chi connectivity index (χ1) is 13.5. The van der Waals surface area contributed by atoms with Crippen molar-refractivity contribution in [1.29, 1.82) is 0 Å². The van der Waals surface area contributed by atoms with Gasteiger partial charge in [-0.1, -0.05) is 35.9 Å². The number of amides is 1. The summed E-state index contributed by atoms with van der Waals surface area (Å²) in [6, 6.07) is 16.6. The summed E-state index contributed by atoms with van der Waals surface area (Å²) < 4.78 is 0. The van der Waals surface area contributed by atoms with Gasteiger partial charge in [-0.25, -0.2) is 0 Å². The summed E-state index contributed by atoms with van der Waals surface area (Å²) in [5.41, 5.74) is 4.33. The van der Waals surface area contributed by atoms with Crippen molar-refractivity contribution in [2.75, 3.05) is 26.7 Å². The number of fused-ring (bicyclic) bond motifs is 2. The van der Waals surface area contributed by atoms with Crippen LogP contribution in [0.25, 0.3) is 10.9 Å². The minimum atomic E-state index is 0. The van der Waals surface area contributed by atoms with Crippen LogP contribution in [0.5, 0.6) is 0 Å². The van der Waals surface area contributed by atoms with Gasteiger partial charge in [0.2, 0.25) is 0 Å². The van der Waals surface area contributed by atoms with E-state index in [1.807, 2.05) is 29.2 Å². The number of carbonyl (C=O) groups excluding carboxylic acids is 1. The van der Waals surface area contributed by atoms with E-state index in [2.05, 4.69) is 48.1 Å². The third kappa shape index (κ3) is 3.43. The van der Waals surface area contributed by atoms with Crippen LogP contribution in [0, 0.1) is 18.8 Å². The Morgan fingerprint density at radius 2 is 1.90 bits per heavy atom. The number of nitrogens with zero attached hydrogens (tertiary/aromatic N) is 2. The van der Waals surface area contributed by atoms with Gasteiger partial charge in [-0.05, 0) is 55.3 Å². The number of rotatable bonds is 2. The number of H-pyrrole nitrogens is 1. The van der Waals surface area contributed by atoms with Crippen molar-refractivity contribution in [2.24, 2.45) is 11.8 Å². The Bertz CT molecular complexity index is 1060. The predicted octanol–water partition coefficient (Wildman–Crippen LogP) is 4.93. The average molecular weight is 430 g/mol. The van der Waals surface area contributed by atoms with E-state index in [0.717, 1.165) is 30.5 Å². The van der Waals surface area contributed by atoms with Gasteiger partial charge in [0.1, 0.15) is 5.69 Å². The smallest absolute Gasteiger partial charge is 0.270 e. The number of likely N-dealkylation sites (tertiary alicyclic amines) is 2. The molecule has 152 valence electrons. The molecule has 2 fully saturated rings. The van der Waals surface area contributed by atoms with Gasteiger partial charge < -0.3 is 9.88 Å². The molecule has 2 aromatic carbocycles. The topological polar surface area (TPSA) is 39.3 Å². The van der Waals surface area contributed by atoms with Gasteiger partial charge in [-0.15, -0.1) is 12.4 Å². The molecule has 2 saturated heterocycles. The highest BCUT2D eigenvalue weighted by Crippen LogP contribution is 2.45. The Morgan fingerprint density at radius 3 is 2.69 bits per heavy atom. The van der Waals surface area contributed by atoms with Crippen LogP contribution >= 0.6 is 24.0 Å². The van der Waals surface area contributed by atoms with Gasteiger partial charge >= 0.3 is 0 Å². The standard InChI is InChI=1S/C23H24ClN3O.ClH/c1-14-5-3-4-6-18(14)22-19-13-27(12-16(19)11-26(22)2)23(28)21-10-15-9-17(24)7-8-20(15)25-21;/h3-10,16,19,22,25H,11-13H2,1-2H3;1H/t16-,19+,22+;/m0./s1. The van der Waals surface area contributed by atoms with Gasteiger partial charge in [-0.2, -0.15) is 0 Å². The van der Waals surface area contributed by atoms with E-state index in [1.165, 1.54) is 11.1 Å². The van der Waals surface area contributed by atoms with Crippen LogP contribution in [0.1, 0.15) is 27.7 Å². The number of aryl methyl sites for hydroxylation is 1. The van der Waals surface area contributed by atoms with Gasteiger partial charge in [0.25, 0.3) is 5.91 Å². The van der Waals surface area contributed by atoms with E-state index in [-0.39, 0.29) is 18.3 Å². The lowest BCUT2D eigenvalue weighted by molar-refractivity contribution is 0.0763. The van der Waals surface area contributed by atoms with Crippen LogP contribution in [0.3, 0.4) is 0 Å². The molecule has 1 aromatic heterocycles. The zero-order valence-corrected chi connectivity index (χ0v) is 18.1. The van der Waals surface area contributed by atoms with Crippen LogP contribution in [-0.2, 0) is 0 Å². The fourth-order valence-corrected chi connectivity index (χ4v) is 5.38. The summed E-state index contributed by atoms with van der Waals surface area (Å²) >= 11 is 6.09. The van der Waals surface area contributed by atoms with Crippen molar-refractivity contribution in [3.05, 3.63) is 70.4 Å². The van der Waals surface area contributed by atoms with Gasteiger partial charge in [0, 0.05) is 47.5 Å². The molecule has 0 aliphatic carbocycles. The summed E-state index contributed by atoms with van der Waals surface area (Å²) in [5.74, 6) is 1.10. The fraction of sp³-hybridized carbons (Fsp3) is 0.348. The van der Waals surface area contributed by atoms with Crippen molar-refractivity contribution in [1.82, 2.24) is 14.8 Å². The molecule has 1 N–H and O–H groups in total. The highest BCUT2D eigenvalue weighted by Gasteiger charge is 2.47. The maximum Gasteiger partial charge on any atom is 0.270 e. The molecule has 3 atom stereocenters. The first-order valence-electron chi connectivity index (χ1n) is 9.84. The molecule has 0 saturated carbocycles. The van der Waals surface area contributed by atoms with Gasteiger partial charge in [0.15, 0.2) is 0 Å². The van der Waals surface area contributed by atoms with Crippen molar-refractivity contribution in [2.45, 2.75) is 13.0 Å². The van der Waals surface area contributed by atoms with Crippen LogP contribution in [0.15, 0.2) is 48.5 Å². The molecule has 1 amide bonds. The first kappa shape index (κ1) is 20.3. The summed E-state index contributed by atoms with van der Waals surface area (Å²) in [7, 11) is 2.21. The maximum atomic E-state index is 13.2. The number of aromatic amines is 1. The first-order valence-corrected chi connectivity index (χ1v) is 10.2. The molecule has 0 radical (unpaired) electrons. The molecule has 0 bridgehead atoms. The van der Waals surface area contributed by atoms with Gasteiger partial charge in [-0.3, -0.25) is 9.69 Å². The lowest BCUT2D eigenvalue weighted by Crippen LogP contribution is -2.33. The summed E-state index contributed by atoms with van der Waals surface area (Å²) in [6.07, 6.45) is 0. The van der Waals surface area contributed by atoms with E-state index in [9.17, 15) is 4.79 Å². The second kappa shape index (κ2) is 7.67.